The molecule has 0 radical (unpaired) electrons. The van der Waals surface area contributed by atoms with Gasteiger partial charge in [0, 0.05) is 26.5 Å². The molecule has 0 amide bonds. The predicted octanol–water partition coefficient (Wildman–Crippen LogP) is 11.5. The standard InChI is InChI=1S/C45H28N2S/c1-3-13-29(14-4-1)40-28-41(30-15-5-2-6-16-30)47-44(46-40)33-23-24-38-42(27-33)48-43-26-32-18-8-7-17-31(32)25-39(43)45(38)36-21-11-9-19-34(36)35-20-10-12-22-37(35)45/h1-28H. The zero-order valence-corrected chi connectivity index (χ0v) is 26.8. The lowest BCUT2D eigenvalue weighted by molar-refractivity contribution is 0.724. The Morgan fingerprint density at radius 3 is 1.52 bits per heavy atom. The summed E-state index contributed by atoms with van der Waals surface area (Å²) < 4.78 is 0. The Kier molecular flexibility index (Phi) is 6.06. The Morgan fingerprint density at radius 1 is 0.375 bits per heavy atom. The minimum absolute atomic E-state index is 0.437. The fourth-order valence-corrected chi connectivity index (χ4v) is 9.08. The summed E-state index contributed by atoms with van der Waals surface area (Å²) in [6, 6.07) is 61.3. The van der Waals surface area contributed by atoms with E-state index in [0.717, 1.165) is 33.9 Å². The largest absolute Gasteiger partial charge is 0.228 e. The van der Waals surface area contributed by atoms with Gasteiger partial charge in [-0.1, -0.05) is 157 Å². The molecule has 7 aromatic carbocycles. The number of benzene rings is 7. The minimum atomic E-state index is -0.437. The Bertz CT molecular complexity index is 2440. The first-order chi connectivity index (χ1) is 23.8. The van der Waals surface area contributed by atoms with Gasteiger partial charge in [-0.3, -0.25) is 0 Å². The molecule has 0 atom stereocenters. The van der Waals surface area contributed by atoms with Crippen LogP contribution in [0, 0.1) is 0 Å². The van der Waals surface area contributed by atoms with Crippen LogP contribution in [-0.2, 0) is 5.41 Å². The van der Waals surface area contributed by atoms with Crippen LogP contribution in [0.1, 0.15) is 22.3 Å². The highest BCUT2D eigenvalue weighted by Crippen LogP contribution is 2.62. The van der Waals surface area contributed by atoms with Crippen LogP contribution in [-0.4, -0.2) is 9.97 Å². The van der Waals surface area contributed by atoms with E-state index in [1.165, 1.54) is 53.9 Å². The second-order valence-electron chi connectivity index (χ2n) is 12.5. The maximum absolute atomic E-state index is 5.17. The lowest BCUT2D eigenvalue weighted by Crippen LogP contribution is -2.32. The average molecular weight is 629 g/mol. The molecule has 10 rings (SSSR count). The molecule has 0 saturated heterocycles. The highest BCUT2D eigenvalue weighted by atomic mass is 32.2. The maximum Gasteiger partial charge on any atom is 0.160 e. The van der Waals surface area contributed by atoms with E-state index in [4.69, 9.17) is 9.97 Å². The molecular formula is C45H28N2S. The van der Waals surface area contributed by atoms with Crippen LogP contribution in [0.4, 0.5) is 0 Å². The Balaban J connectivity index is 1.24. The molecule has 1 aliphatic carbocycles. The van der Waals surface area contributed by atoms with E-state index in [1.54, 1.807) is 0 Å². The summed E-state index contributed by atoms with van der Waals surface area (Å²) in [7, 11) is 0. The average Bonchev–Trinajstić information content (AvgIpc) is 3.45. The molecule has 1 spiro atoms. The van der Waals surface area contributed by atoms with Gasteiger partial charge in [-0.05, 0) is 68.4 Å². The second-order valence-corrected chi connectivity index (χ2v) is 13.6. The molecule has 2 nitrogen and oxygen atoms in total. The first kappa shape index (κ1) is 27.4. The van der Waals surface area contributed by atoms with E-state index < -0.39 is 5.41 Å². The van der Waals surface area contributed by atoms with Gasteiger partial charge < -0.3 is 0 Å². The molecule has 0 N–H and O–H groups in total. The zero-order valence-electron chi connectivity index (χ0n) is 26.0. The van der Waals surface area contributed by atoms with E-state index in [9.17, 15) is 0 Å². The topological polar surface area (TPSA) is 25.8 Å². The Morgan fingerprint density at radius 2 is 0.896 bits per heavy atom. The van der Waals surface area contributed by atoms with Crippen molar-refractivity contribution in [2.45, 2.75) is 15.2 Å². The van der Waals surface area contributed by atoms with E-state index >= 15 is 0 Å². The van der Waals surface area contributed by atoms with Gasteiger partial charge in [0.05, 0.1) is 16.8 Å². The van der Waals surface area contributed by atoms with Crippen molar-refractivity contribution in [2.75, 3.05) is 0 Å². The molecule has 2 heterocycles. The van der Waals surface area contributed by atoms with Gasteiger partial charge in [-0.2, -0.15) is 0 Å². The third-order valence-electron chi connectivity index (χ3n) is 9.93. The number of rotatable bonds is 3. The summed E-state index contributed by atoms with van der Waals surface area (Å²) in [6.45, 7) is 0. The summed E-state index contributed by atoms with van der Waals surface area (Å²) in [6.07, 6.45) is 0. The van der Waals surface area contributed by atoms with Crippen LogP contribution in [0.5, 0.6) is 0 Å². The van der Waals surface area contributed by atoms with E-state index in [0.29, 0.717) is 0 Å². The van der Waals surface area contributed by atoms with Crippen molar-refractivity contribution < 1.29 is 0 Å². The molecule has 8 aromatic rings. The zero-order chi connectivity index (χ0) is 31.7. The highest BCUT2D eigenvalue weighted by Gasteiger charge is 2.50. The van der Waals surface area contributed by atoms with Crippen molar-refractivity contribution in [1.82, 2.24) is 9.97 Å². The van der Waals surface area contributed by atoms with E-state index in [2.05, 4.69) is 158 Å². The van der Waals surface area contributed by atoms with Gasteiger partial charge in [-0.25, -0.2) is 9.97 Å². The van der Waals surface area contributed by atoms with Crippen LogP contribution >= 0.6 is 11.8 Å². The normalized spacial score (nSPS) is 13.5. The van der Waals surface area contributed by atoms with Gasteiger partial charge in [0.2, 0.25) is 0 Å². The third kappa shape index (κ3) is 4.01. The van der Waals surface area contributed by atoms with Gasteiger partial charge >= 0.3 is 0 Å². The minimum Gasteiger partial charge on any atom is -0.228 e. The van der Waals surface area contributed by atoms with E-state index in [-0.39, 0.29) is 0 Å². The molecule has 3 heteroatoms. The fourth-order valence-electron chi connectivity index (χ4n) is 7.82. The fraction of sp³-hybridized carbons (Fsp3) is 0.0222. The number of fused-ring (bicyclic) bond motifs is 10. The molecule has 1 aromatic heterocycles. The van der Waals surface area contributed by atoms with Crippen LogP contribution in [0.3, 0.4) is 0 Å². The van der Waals surface area contributed by atoms with Crippen molar-refractivity contribution in [2.24, 2.45) is 0 Å². The van der Waals surface area contributed by atoms with Crippen LogP contribution < -0.4 is 0 Å². The second kappa shape index (κ2) is 10.6. The lowest BCUT2D eigenvalue weighted by atomic mass is 9.67. The quantitative estimate of drug-likeness (QED) is 0.195. The molecule has 0 bridgehead atoms. The Labute approximate surface area is 283 Å². The molecular weight excluding hydrogens is 601 g/mol. The predicted molar refractivity (Wildman–Crippen MR) is 197 cm³/mol. The van der Waals surface area contributed by atoms with Gasteiger partial charge in [-0.15, -0.1) is 0 Å². The van der Waals surface area contributed by atoms with Crippen LogP contribution in [0.15, 0.2) is 180 Å². The van der Waals surface area contributed by atoms with Gasteiger partial charge in [0.25, 0.3) is 0 Å². The van der Waals surface area contributed by atoms with Crippen molar-refractivity contribution >= 4 is 22.5 Å². The summed E-state index contributed by atoms with van der Waals surface area (Å²) >= 11 is 1.86. The number of aromatic nitrogens is 2. The maximum atomic E-state index is 5.17. The van der Waals surface area contributed by atoms with Crippen LogP contribution in [0.2, 0.25) is 0 Å². The molecule has 2 aliphatic rings. The van der Waals surface area contributed by atoms with E-state index in [1.807, 2.05) is 23.9 Å². The van der Waals surface area contributed by atoms with Crippen molar-refractivity contribution in [3.05, 3.63) is 192 Å². The SMILES string of the molecule is c1ccc(-c2cc(-c3ccccc3)nc(-c3ccc4c(c3)Sc3cc5ccccc5cc3C43c4ccccc4-c4ccccc43)n2)cc1. The molecule has 224 valence electrons. The first-order valence-corrected chi connectivity index (χ1v) is 17.1. The molecule has 48 heavy (non-hydrogen) atoms. The van der Waals surface area contributed by atoms with Crippen LogP contribution in [0.25, 0.3) is 55.8 Å². The highest BCUT2D eigenvalue weighted by molar-refractivity contribution is 7.99. The summed E-state index contributed by atoms with van der Waals surface area (Å²) in [5.41, 5.74) is 12.5. The van der Waals surface area contributed by atoms with Crippen molar-refractivity contribution in [3.63, 3.8) is 0 Å². The molecule has 0 saturated carbocycles. The molecule has 0 fully saturated rings. The summed E-state index contributed by atoms with van der Waals surface area (Å²) in [4.78, 5) is 12.9. The first-order valence-electron chi connectivity index (χ1n) is 16.3. The summed E-state index contributed by atoms with van der Waals surface area (Å²) in [5.74, 6) is 0.726. The number of hydrogen-bond donors (Lipinski definition) is 0. The lowest BCUT2D eigenvalue weighted by Gasteiger charge is -2.40. The van der Waals surface area contributed by atoms with Crippen molar-refractivity contribution in [3.8, 4) is 45.0 Å². The van der Waals surface area contributed by atoms with Gasteiger partial charge in [0.1, 0.15) is 0 Å². The smallest absolute Gasteiger partial charge is 0.160 e. The van der Waals surface area contributed by atoms with Gasteiger partial charge in [0.15, 0.2) is 5.82 Å². The monoisotopic (exact) mass is 628 g/mol. The number of hydrogen-bond acceptors (Lipinski definition) is 3. The molecule has 0 unspecified atom stereocenters. The number of nitrogens with zero attached hydrogens (tertiary/aromatic N) is 2. The van der Waals surface area contributed by atoms with Crippen molar-refractivity contribution in [1.29, 1.82) is 0 Å². The summed E-state index contributed by atoms with van der Waals surface area (Å²) in [5, 5.41) is 2.52. The Hall–Kier alpha value is -5.77. The molecule has 1 aliphatic heterocycles. The third-order valence-corrected chi connectivity index (χ3v) is 11.0.